The highest BCUT2D eigenvalue weighted by molar-refractivity contribution is 6.39. The van der Waals surface area contributed by atoms with Crippen molar-refractivity contribution in [1.29, 1.82) is 0 Å². The van der Waals surface area contributed by atoms with Crippen molar-refractivity contribution in [3.63, 3.8) is 0 Å². The minimum atomic E-state index is -0.201. The van der Waals surface area contributed by atoms with Gasteiger partial charge in [0, 0.05) is 19.4 Å². The molecule has 0 fully saturated rings. The summed E-state index contributed by atoms with van der Waals surface area (Å²) in [5, 5.41) is 3.14. The molecule has 0 bridgehead atoms. The zero-order valence-corrected chi connectivity index (χ0v) is 31.7. The van der Waals surface area contributed by atoms with Gasteiger partial charge in [-0.05, 0) is 78.1 Å². The first kappa shape index (κ1) is 43.1. The number of nitrogens with one attached hydrogen (secondary N) is 1. The van der Waals surface area contributed by atoms with Crippen LogP contribution in [0.5, 0.6) is 0 Å². The Kier molecular flexibility index (Phi) is 28.8. The van der Waals surface area contributed by atoms with Crippen molar-refractivity contribution in [3.8, 4) is 0 Å². The monoisotopic (exact) mass is 656 g/mol. The first-order valence-corrected chi connectivity index (χ1v) is 20.5. The van der Waals surface area contributed by atoms with Crippen LogP contribution in [0.2, 0.25) is 0 Å². The normalized spacial score (nSPS) is 15.6. The van der Waals surface area contributed by atoms with Crippen LogP contribution in [0, 0.1) is 0 Å². The van der Waals surface area contributed by atoms with Crippen molar-refractivity contribution in [1.82, 2.24) is 10.2 Å². The molecule has 5 nitrogen and oxygen atoms in total. The lowest BCUT2D eigenvalue weighted by molar-refractivity contribution is -0.123. The predicted octanol–water partition coefficient (Wildman–Crippen LogP) is 12.2. The Hall–Kier alpha value is -1.91. The highest BCUT2D eigenvalue weighted by atomic mass is 16.2. The number of unbranched alkanes of at least 4 members (excludes halogenated alkanes) is 22. The number of hydrogen-bond donors (Lipinski definition) is 1. The second-order valence-corrected chi connectivity index (χ2v) is 14.3. The highest BCUT2D eigenvalue weighted by Gasteiger charge is 2.31. The zero-order valence-electron chi connectivity index (χ0n) is 31.7. The number of hydrogen-bond acceptors (Lipinski definition) is 4. The quantitative estimate of drug-likeness (QED) is 0.0565. The maximum Gasteiger partial charge on any atom is 0.221 e. The molecule has 0 aromatic heterocycles. The molecule has 1 heterocycles. The molecule has 0 aliphatic carbocycles. The van der Waals surface area contributed by atoms with E-state index in [1.165, 1.54) is 141 Å². The number of amides is 1. The standard InChI is InChI=1S/C42H77N3O2/c1-5-7-9-11-13-15-17-19-21-23-25-27-29-31-33-35-40(46)42-43-38(3)37-45(42)39(4)44-41(47)36-34-32-30-28-26-24-22-20-18-16-14-12-10-8-6-2/h19-22,38-39H,5-18,23-37H2,1-4H3,(H,44,47)/b21-19-,22-20-. The number of ketones is 1. The fourth-order valence-electron chi connectivity index (χ4n) is 6.48. The van der Waals surface area contributed by atoms with Gasteiger partial charge in [0.05, 0.1) is 12.2 Å². The largest absolute Gasteiger partial charge is 0.336 e. The molecule has 272 valence electrons. The number of aliphatic imine (C=N–C) groups is 1. The van der Waals surface area contributed by atoms with Crippen molar-refractivity contribution < 1.29 is 9.59 Å². The molecule has 0 saturated heterocycles. The topological polar surface area (TPSA) is 61.8 Å². The fraction of sp³-hybridized carbons (Fsp3) is 0.833. The molecule has 0 aromatic carbocycles. The Morgan fingerprint density at radius 1 is 0.638 bits per heavy atom. The first-order chi connectivity index (χ1) is 23.0. The molecular formula is C42H77N3O2. The maximum absolute atomic E-state index is 13.1. The molecule has 0 radical (unpaired) electrons. The molecule has 2 atom stereocenters. The van der Waals surface area contributed by atoms with E-state index in [2.05, 4.69) is 55.4 Å². The second kappa shape index (κ2) is 31.4. The molecule has 2 unspecified atom stereocenters. The van der Waals surface area contributed by atoms with Gasteiger partial charge in [-0.1, -0.05) is 141 Å². The highest BCUT2D eigenvalue weighted by Crippen LogP contribution is 2.17. The van der Waals surface area contributed by atoms with E-state index in [4.69, 9.17) is 0 Å². The molecule has 47 heavy (non-hydrogen) atoms. The summed E-state index contributed by atoms with van der Waals surface area (Å²) in [7, 11) is 0. The van der Waals surface area contributed by atoms with E-state index in [-0.39, 0.29) is 23.9 Å². The molecular weight excluding hydrogens is 578 g/mol. The summed E-state index contributed by atoms with van der Waals surface area (Å²) < 4.78 is 0. The van der Waals surface area contributed by atoms with Crippen LogP contribution in [0.3, 0.4) is 0 Å². The summed E-state index contributed by atoms with van der Waals surface area (Å²) >= 11 is 0. The second-order valence-electron chi connectivity index (χ2n) is 14.3. The lowest BCUT2D eigenvalue weighted by atomic mass is 10.1. The molecule has 1 aliphatic rings. The lowest BCUT2D eigenvalue weighted by Gasteiger charge is -2.28. The molecule has 0 spiro atoms. The number of rotatable bonds is 33. The summed E-state index contributed by atoms with van der Waals surface area (Å²) in [5.41, 5.74) is 0. The van der Waals surface area contributed by atoms with Crippen LogP contribution in [0.4, 0.5) is 0 Å². The summed E-state index contributed by atoms with van der Waals surface area (Å²) in [4.78, 5) is 32.4. The molecule has 0 aromatic rings. The number of carbonyl (C=O) groups is 2. The van der Waals surface area contributed by atoms with Gasteiger partial charge in [-0.2, -0.15) is 0 Å². The van der Waals surface area contributed by atoms with Crippen LogP contribution in [0.1, 0.15) is 207 Å². The number of carbonyl (C=O) groups excluding carboxylic acids is 2. The molecule has 1 N–H and O–H groups in total. The third-order valence-corrected chi connectivity index (χ3v) is 9.49. The first-order valence-electron chi connectivity index (χ1n) is 20.5. The summed E-state index contributed by atoms with van der Waals surface area (Å²) in [6, 6.07) is 0.0906. The van der Waals surface area contributed by atoms with Crippen LogP contribution < -0.4 is 5.32 Å². The van der Waals surface area contributed by atoms with Crippen LogP contribution >= 0.6 is 0 Å². The summed E-state index contributed by atoms with van der Waals surface area (Å²) in [6.07, 6.45) is 43.0. The van der Waals surface area contributed by atoms with E-state index in [1.807, 2.05) is 11.8 Å². The van der Waals surface area contributed by atoms with Gasteiger partial charge in [0.1, 0.15) is 0 Å². The van der Waals surface area contributed by atoms with E-state index >= 15 is 0 Å². The Morgan fingerprint density at radius 3 is 1.47 bits per heavy atom. The van der Waals surface area contributed by atoms with Crippen molar-refractivity contribution in [2.45, 2.75) is 220 Å². The van der Waals surface area contributed by atoms with E-state index in [1.54, 1.807) is 0 Å². The van der Waals surface area contributed by atoms with Gasteiger partial charge in [-0.25, -0.2) is 0 Å². The van der Waals surface area contributed by atoms with Gasteiger partial charge >= 0.3 is 0 Å². The van der Waals surface area contributed by atoms with Crippen molar-refractivity contribution in [2.24, 2.45) is 4.99 Å². The SMILES string of the molecule is CCCCCCCC/C=C\CCCCCCCC(=O)NC(C)N1CC(C)N=C1C(=O)CCCCCCC/C=C\CCCCCCCC. The number of amidine groups is 1. The molecule has 1 aliphatic heterocycles. The van der Waals surface area contributed by atoms with Gasteiger partial charge in [-0.15, -0.1) is 0 Å². The minimum absolute atomic E-state index is 0.0822. The van der Waals surface area contributed by atoms with Crippen LogP contribution in [-0.2, 0) is 9.59 Å². The average Bonchev–Trinajstić information content (AvgIpc) is 3.46. The van der Waals surface area contributed by atoms with Gasteiger partial charge in [-0.3, -0.25) is 14.6 Å². The molecule has 5 heteroatoms. The lowest BCUT2D eigenvalue weighted by Crippen LogP contribution is -2.50. The zero-order chi connectivity index (χ0) is 34.2. The smallest absolute Gasteiger partial charge is 0.221 e. The summed E-state index contributed by atoms with van der Waals surface area (Å²) in [5.74, 6) is 0.783. The van der Waals surface area contributed by atoms with E-state index in [0.717, 1.165) is 25.7 Å². The van der Waals surface area contributed by atoms with Gasteiger partial charge in [0.2, 0.25) is 5.91 Å². The van der Waals surface area contributed by atoms with Crippen LogP contribution in [0.25, 0.3) is 0 Å². The van der Waals surface area contributed by atoms with Crippen LogP contribution in [-0.4, -0.2) is 41.2 Å². The fourth-order valence-corrected chi connectivity index (χ4v) is 6.48. The molecule has 1 rings (SSSR count). The van der Waals surface area contributed by atoms with Crippen molar-refractivity contribution in [2.75, 3.05) is 6.54 Å². The van der Waals surface area contributed by atoms with Gasteiger partial charge in [0.15, 0.2) is 11.6 Å². The van der Waals surface area contributed by atoms with Gasteiger partial charge < -0.3 is 10.2 Å². The Labute approximate surface area is 292 Å². The number of allylic oxidation sites excluding steroid dienone is 4. The third kappa shape index (κ3) is 24.8. The predicted molar refractivity (Wildman–Crippen MR) is 205 cm³/mol. The van der Waals surface area contributed by atoms with Crippen molar-refractivity contribution >= 4 is 17.5 Å². The average molecular weight is 656 g/mol. The van der Waals surface area contributed by atoms with E-state index < -0.39 is 0 Å². The number of nitrogens with zero attached hydrogens (tertiary/aromatic N) is 2. The maximum atomic E-state index is 13.1. The van der Waals surface area contributed by atoms with Crippen molar-refractivity contribution in [3.05, 3.63) is 24.3 Å². The van der Waals surface area contributed by atoms with E-state index in [0.29, 0.717) is 25.2 Å². The Morgan fingerprint density at radius 2 is 1.02 bits per heavy atom. The van der Waals surface area contributed by atoms with Crippen LogP contribution in [0.15, 0.2) is 29.3 Å². The Bertz CT molecular complexity index is 849. The van der Waals surface area contributed by atoms with Gasteiger partial charge in [0.25, 0.3) is 0 Å². The summed E-state index contributed by atoms with van der Waals surface area (Å²) in [6.45, 7) is 9.28. The minimum Gasteiger partial charge on any atom is -0.336 e. The van der Waals surface area contributed by atoms with E-state index in [9.17, 15) is 9.59 Å². The number of Topliss-reactive ketones (excluding diaryl/α,β-unsaturated/α-hetero) is 1. The molecule has 1 amide bonds. The molecule has 0 saturated carbocycles. The third-order valence-electron chi connectivity index (χ3n) is 9.49. The Balaban J connectivity index is 2.08.